The summed E-state index contributed by atoms with van der Waals surface area (Å²) in [6, 6.07) is -0.664. The van der Waals surface area contributed by atoms with Crippen molar-refractivity contribution in [2.24, 2.45) is 5.92 Å². The van der Waals surface area contributed by atoms with Crippen molar-refractivity contribution in [1.82, 2.24) is 5.32 Å². The van der Waals surface area contributed by atoms with Crippen LogP contribution in [0.4, 0.5) is 0 Å². The first-order valence-corrected chi connectivity index (χ1v) is 5.71. The minimum Gasteiger partial charge on any atom is -0.480 e. The summed E-state index contributed by atoms with van der Waals surface area (Å²) in [6.07, 6.45) is 2.74. The third-order valence-corrected chi connectivity index (χ3v) is 2.52. The fourth-order valence-electron chi connectivity index (χ4n) is 1.63. The average Bonchev–Trinajstić information content (AvgIpc) is 2.24. The molecule has 96 valence electrons. The van der Waals surface area contributed by atoms with E-state index in [9.17, 15) is 4.79 Å². The van der Waals surface area contributed by atoms with Gasteiger partial charge in [0.15, 0.2) is 0 Å². The first-order chi connectivity index (χ1) is 7.65. The molecule has 0 aliphatic carbocycles. The molecule has 0 bridgehead atoms. The summed E-state index contributed by atoms with van der Waals surface area (Å²) in [5, 5.41) is 20.7. The SMILES string of the molecule is CCCC(CCO)CNC(COC)C(=O)O. The second-order valence-electron chi connectivity index (χ2n) is 3.92. The zero-order chi connectivity index (χ0) is 12.4. The van der Waals surface area contributed by atoms with Crippen molar-refractivity contribution in [1.29, 1.82) is 0 Å². The van der Waals surface area contributed by atoms with Crippen LogP contribution >= 0.6 is 0 Å². The fourth-order valence-corrected chi connectivity index (χ4v) is 1.63. The molecule has 0 rings (SSSR count). The molecule has 5 nitrogen and oxygen atoms in total. The number of methoxy groups -OCH3 is 1. The molecule has 3 N–H and O–H groups in total. The van der Waals surface area contributed by atoms with Crippen LogP contribution in [0.3, 0.4) is 0 Å². The Morgan fingerprint density at radius 1 is 1.44 bits per heavy atom. The number of nitrogens with one attached hydrogen (secondary N) is 1. The summed E-state index contributed by atoms with van der Waals surface area (Å²) in [5.41, 5.74) is 0. The lowest BCUT2D eigenvalue weighted by Gasteiger charge is -2.19. The van der Waals surface area contributed by atoms with Gasteiger partial charge in [0, 0.05) is 13.7 Å². The number of rotatable bonds is 10. The number of hydrogen-bond acceptors (Lipinski definition) is 4. The Hall–Kier alpha value is -0.650. The Labute approximate surface area is 96.8 Å². The fraction of sp³-hybridized carbons (Fsp3) is 0.909. The van der Waals surface area contributed by atoms with Gasteiger partial charge in [0.05, 0.1) is 6.61 Å². The highest BCUT2D eigenvalue weighted by Crippen LogP contribution is 2.09. The average molecular weight is 233 g/mol. The van der Waals surface area contributed by atoms with Gasteiger partial charge < -0.3 is 20.3 Å². The third-order valence-electron chi connectivity index (χ3n) is 2.52. The first kappa shape index (κ1) is 15.3. The van der Waals surface area contributed by atoms with Crippen molar-refractivity contribution in [2.45, 2.75) is 32.2 Å². The zero-order valence-corrected chi connectivity index (χ0v) is 10.1. The lowest BCUT2D eigenvalue weighted by Crippen LogP contribution is -2.42. The standard InChI is InChI=1S/C11H23NO4/c1-3-4-9(5-6-13)7-12-10(8-16-2)11(14)15/h9-10,12-13H,3-8H2,1-2H3,(H,14,15). The third kappa shape index (κ3) is 6.76. The van der Waals surface area contributed by atoms with E-state index in [1.54, 1.807) is 0 Å². The van der Waals surface area contributed by atoms with Crippen LogP contribution in [-0.2, 0) is 9.53 Å². The number of aliphatic hydroxyl groups is 1. The van der Waals surface area contributed by atoms with E-state index in [1.807, 2.05) is 0 Å². The van der Waals surface area contributed by atoms with Gasteiger partial charge in [-0.25, -0.2) is 0 Å². The Kier molecular flexibility index (Phi) is 9.18. The maximum absolute atomic E-state index is 10.8. The monoisotopic (exact) mass is 233 g/mol. The molecule has 2 atom stereocenters. The first-order valence-electron chi connectivity index (χ1n) is 5.71. The minimum atomic E-state index is -0.902. The Morgan fingerprint density at radius 3 is 2.56 bits per heavy atom. The highest BCUT2D eigenvalue weighted by molar-refractivity contribution is 5.73. The van der Waals surface area contributed by atoms with Gasteiger partial charge in [-0.1, -0.05) is 13.3 Å². The topological polar surface area (TPSA) is 78.8 Å². The van der Waals surface area contributed by atoms with Gasteiger partial charge in [-0.3, -0.25) is 4.79 Å². The summed E-state index contributed by atoms with van der Waals surface area (Å²) >= 11 is 0. The van der Waals surface area contributed by atoms with Gasteiger partial charge in [0.2, 0.25) is 0 Å². The second-order valence-corrected chi connectivity index (χ2v) is 3.92. The Morgan fingerprint density at radius 2 is 2.12 bits per heavy atom. The van der Waals surface area contributed by atoms with Crippen molar-refractivity contribution >= 4 is 5.97 Å². The van der Waals surface area contributed by atoms with Crippen LogP contribution in [0.5, 0.6) is 0 Å². The van der Waals surface area contributed by atoms with E-state index in [1.165, 1.54) is 7.11 Å². The van der Waals surface area contributed by atoms with E-state index in [2.05, 4.69) is 12.2 Å². The highest BCUT2D eigenvalue weighted by atomic mass is 16.5. The number of carboxylic acid groups (broad SMARTS) is 1. The molecule has 0 aromatic heterocycles. The quantitative estimate of drug-likeness (QED) is 0.511. The van der Waals surface area contributed by atoms with Gasteiger partial charge in [-0.15, -0.1) is 0 Å². The zero-order valence-electron chi connectivity index (χ0n) is 10.1. The maximum Gasteiger partial charge on any atom is 0.323 e. The Balaban J connectivity index is 3.98. The van der Waals surface area contributed by atoms with Crippen molar-refractivity contribution in [3.63, 3.8) is 0 Å². The van der Waals surface area contributed by atoms with E-state index in [0.29, 0.717) is 18.9 Å². The Bertz CT molecular complexity index is 181. The number of hydrogen-bond donors (Lipinski definition) is 3. The lowest BCUT2D eigenvalue weighted by atomic mass is 10.00. The summed E-state index contributed by atoms with van der Waals surface area (Å²) in [5.74, 6) is -0.574. The molecular weight excluding hydrogens is 210 g/mol. The van der Waals surface area contributed by atoms with Crippen molar-refractivity contribution < 1.29 is 19.7 Å². The van der Waals surface area contributed by atoms with E-state index in [-0.39, 0.29) is 13.2 Å². The molecule has 0 aromatic rings. The lowest BCUT2D eigenvalue weighted by molar-refractivity contribution is -0.140. The van der Waals surface area contributed by atoms with Gasteiger partial charge in [-0.2, -0.15) is 0 Å². The molecule has 0 spiro atoms. The van der Waals surface area contributed by atoms with Crippen LogP contribution in [0.15, 0.2) is 0 Å². The molecule has 0 saturated carbocycles. The van der Waals surface area contributed by atoms with Gasteiger partial charge in [0.25, 0.3) is 0 Å². The molecule has 0 radical (unpaired) electrons. The molecule has 0 amide bonds. The highest BCUT2D eigenvalue weighted by Gasteiger charge is 2.18. The number of aliphatic carboxylic acids is 1. The molecule has 0 fully saturated rings. The van der Waals surface area contributed by atoms with Gasteiger partial charge in [-0.05, 0) is 25.3 Å². The summed E-state index contributed by atoms with van der Waals surface area (Å²) in [6.45, 7) is 2.99. The summed E-state index contributed by atoms with van der Waals surface area (Å²) in [7, 11) is 1.48. The molecule has 0 aliphatic rings. The molecule has 2 unspecified atom stereocenters. The van der Waals surface area contributed by atoms with E-state index in [0.717, 1.165) is 12.8 Å². The van der Waals surface area contributed by atoms with Crippen LogP contribution in [0, 0.1) is 5.92 Å². The van der Waals surface area contributed by atoms with E-state index in [4.69, 9.17) is 14.9 Å². The predicted octanol–water partition coefficient (Wildman–Crippen LogP) is 0.474. The van der Waals surface area contributed by atoms with E-state index >= 15 is 0 Å². The molecular formula is C11H23NO4. The molecule has 0 heterocycles. The van der Waals surface area contributed by atoms with Gasteiger partial charge in [0.1, 0.15) is 6.04 Å². The maximum atomic E-state index is 10.8. The van der Waals surface area contributed by atoms with Crippen LogP contribution in [0.25, 0.3) is 0 Å². The number of ether oxygens (including phenoxy) is 1. The summed E-state index contributed by atoms with van der Waals surface area (Å²) in [4.78, 5) is 10.8. The molecule has 16 heavy (non-hydrogen) atoms. The molecule has 0 saturated heterocycles. The number of carboxylic acids is 1. The number of aliphatic hydroxyl groups excluding tert-OH is 1. The number of carbonyl (C=O) groups is 1. The molecule has 0 aliphatic heterocycles. The smallest absolute Gasteiger partial charge is 0.323 e. The van der Waals surface area contributed by atoms with Crippen molar-refractivity contribution in [2.75, 3.05) is 26.9 Å². The predicted molar refractivity (Wildman–Crippen MR) is 61.4 cm³/mol. The van der Waals surface area contributed by atoms with E-state index < -0.39 is 12.0 Å². The van der Waals surface area contributed by atoms with Crippen LogP contribution in [-0.4, -0.2) is 49.1 Å². The van der Waals surface area contributed by atoms with Crippen molar-refractivity contribution in [3.8, 4) is 0 Å². The van der Waals surface area contributed by atoms with Crippen LogP contribution in [0.1, 0.15) is 26.2 Å². The van der Waals surface area contributed by atoms with Crippen LogP contribution in [0.2, 0.25) is 0 Å². The second kappa shape index (κ2) is 9.57. The normalized spacial score (nSPS) is 14.7. The van der Waals surface area contributed by atoms with Gasteiger partial charge >= 0.3 is 5.97 Å². The molecule has 0 aromatic carbocycles. The minimum absolute atomic E-state index is 0.147. The van der Waals surface area contributed by atoms with Crippen LogP contribution < -0.4 is 5.32 Å². The molecule has 5 heteroatoms. The summed E-state index contributed by atoms with van der Waals surface area (Å²) < 4.78 is 4.82. The van der Waals surface area contributed by atoms with Crippen molar-refractivity contribution in [3.05, 3.63) is 0 Å². The largest absolute Gasteiger partial charge is 0.480 e.